The van der Waals surface area contributed by atoms with E-state index in [1.807, 2.05) is 26.0 Å². The molecule has 0 amide bonds. The molecule has 0 saturated heterocycles. The third-order valence-corrected chi connectivity index (χ3v) is 3.57. The van der Waals surface area contributed by atoms with Crippen molar-refractivity contribution in [2.45, 2.75) is 49.5 Å². The molecule has 1 N–H and O–H groups in total. The summed E-state index contributed by atoms with van der Waals surface area (Å²) in [7, 11) is 1.70. The number of hydrogen-bond donors (Lipinski definition) is 1. The van der Waals surface area contributed by atoms with E-state index in [2.05, 4.69) is 12.2 Å². The Morgan fingerprint density at radius 2 is 1.84 bits per heavy atom. The second-order valence-corrected chi connectivity index (χ2v) is 6.18. The van der Waals surface area contributed by atoms with Crippen LogP contribution in [0.5, 0.6) is 0 Å². The van der Waals surface area contributed by atoms with Gasteiger partial charge >= 0.3 is 0 Å². The average molecular weight is 289 g/mol. The maximum Gasteiger partial charge on any atom is 0.288 e. The first-order chi connectivity index (χ1) is 8.82. The number of ether oxygens (including phenoxy) is 1. The van der Waals surface area contributed by atoms with Gasteiger partial charge in [0.15, 0.2) is 0 Å². The molecule has 0 aliphatic rings. The summed E-state index contributed by atoms with van der Waals surface area (Å²) < 4.78 is 29.8. The highest BCUT2D eigenvalue weighted by Gasteiger charge is 2.19. The van der Waals surface area contributed by atoms with E-state index in [4.69, 9.17) is 4.74 Å². The molecule has 1 aromatic rings. The smallest absolute Gasteiger partial charge is 0.288 e. The molecule has 108 valence electrons. The summed E-state index contributed by atoms with van der Waals surface area (Å²) in [6.07, 6.45) is 0.858. The molecule has 0 aliphatic carbocycles. The molecule has 0 heterocycles. The van der Waals surface area contributed by atoms with E-state index < -0.39 is 5.76 Å². The number of benzene rings is 1. The Balaban J connectivity index is 2.53. The highest BCUT2D eigenvalue weighted by molar-refractivity contribution is 7.99. The van der Waals surface area contributed by atoms with Gasteiger partial charge in [-0.25, -0.2) is 0 Å². The minimum atomic E-state index is -2.37. The second kappa shape index (κ2) is 7.10. The van der Waals surface area contributed by atoms with Crippen molar-refractivity contribution in [1.82, 2.24) is 0 Å². The summed E-state index contributed by atoms with van der Waals surface area (Å²) in [5, 5.41) is 3.34. The zero-order valence-electron chi connectivity index (χ0n) is 11.7. The number of methoxy groups -OCH3 is 1. The van der Waals surface area contributed by atoms with Crippen molar-refractivity contribution in [3.63, 3.8) is 0 Å². The molecule has 0 radical (unpaired) electrons. The van der Waals surface area contributed by atoms with Crippen molar-refractivity contribution in [3.05, 3.63) is 24.3 Å². The van der Waals surface area contributed by atoms with Crippen molar-refractivity contribution in [2.75, 3.05) is 12.4 Å². The molecule has 1 aromatic carbocycles. The Morgan fingerprint density at radius 3 is 2.32 bits per heavy atom. The van der Waals surface area contributed by atoms with E-state index in [-0.39, 0.29) is 11.6 Å². The largest absolute Gasteiger partial charge is 0.382 e. The molecule has 0 spiro atoms. The first kappa shape index (κ1) is 16.2. The van der Waals surface area contributed by atoms with Crippen LogP contribution < -0.4 is 5.32 Å². The second-order valence-electron chi connectivity index (χ2n) is 5.12. The Kier molecular flexibility index (Phi) is 6.07. The molecule has 5 heteroatoms. The maximum absolute atomic E-state index is 12.2. The topological polar surface area (TPSA) is 21.3 Å². The van der Waals surface area contributed by atoms with Crippen LogP contribution in [-0.4, -0.2) is 24.5 Å². The van der Waals surface area contributed by atoms with E-state index in [0.29, 0.717) is 16.7 Å². The van der Waals surface area contributed by atoms with Gasteiger partial charge in [0.05, 0.1) is 5.60 Å². The number of thioether (sulfide) groups is 1. The molecule has 2 nitrogen and oxygen atoms in total. The fraction of sp³-hybridized carbons (Fsp3) is 0.571. The number of nitrogens with one attached hydrogen (secondary N) is 1. The number of halogens is 2. The summed E-state index contributed by atoms with van der Waals surface area (Å²) in [6.45, 7) is 6.14. The lowest BCUT2D eigenvalue weighted by molar-refractivity contribution is 0.0128. The predicted octanol–water partition coefficient (Wildman–Crippen LogP) is 4.62. The van der Waals surface area contributed by atoms with Crippen molar-refractivity contribution < 1.29 is 13.5 Å². The van der Waals surface area contributed by atoms with Crippen molar-refractivity contribution in [1.29, 1.82) is 0 Å². The summed E-state index contributed by atoms with van der Waals surface area (Å²) in [6, 6.07) is 7.28. The zero-order valence-corrected chi connectivity index (χ0v) is 12.6. The number of hydrogen-bond acceptors (Lipinski definition) is 3. The van der Waals surface area contributed by atoms with Gasteiger partial charge in [-0.3, -0.25) is 0 Å². The summed E-state index contributed by atoms with van der Waals surface area (Å²) >= 11 is 0.559. The monoisotopic (exact) mass is 289 g/mol. The van der Waals surface area contributed by atoms with Crippen LogP contribution in [-0.2, 0) is 4.74 Å². The third kappa shape index (κ3) is 6.25. The molecular formula is C14H21F2NOS. The van der Waals surface area contributed by atoms with Crippen LogP contribution >= 0.6 is 11.8 Å². The molecule has 0 saturated carbocycles. The van der Waals surface area contributed by atoms with Gasteiger partial charge < -0.3 is 10.1 Å². The van der Waals surface area contributed by atoms with Gasteiger partial charge in [-0.1, -0.05) is 11.8 Å². The van der Waals surface area contributed by atoms with Crippen LogP contribution in [0.2, 0.25) is 0 Å². The SMILES string of the molecule is COC(C)(C)CC(C)Nc1ccc(SC(F)F)cc1. The normalized spacial score (nSPS) is 13.6. The lowest BCUT2D eigenvalue weighted by Gasteiger charge is -2.27. The highest BCUT2D eigenvalue weighted by atomic mass is 32.2. The van der Waals surface area contributed by atoms with Crippen LogP contribution in [0.15, 0.2) is 29.2 Å². The van der Waals surface area contributed by atoms with Crippen LogP contribution in [0.1, 0.15) is 27.2 Å². The Morgan fingerprint density at radius 1 is 1.26 bits per heavy atom. The van der Waals surface area contributed by atoms with Crippen LogP contribution in [0.25, 0.3) is 0 Å². The number of anilines is 1. The van der Waals surface area contributed by atoms with Crippen molar-refractivity contribution >= 4 is 17.4 Å². The molecular weight excluding hydrogens is 268 g/mol. The van der Waals surface area contributed by atoms with Gasteiger partial charge in [0.1, 0.15) is 0 Å². The molecule has 0 aliphatic heterocycles. The zero-order chi connectivity index (χ0) is 14.5. The minimum absolute atomic E-state index is 0.183. The van der Waals surface area contributed by atoms with Crippen LogP contribution in [0.4, 0.5) is 14.5 Å². The van der Waals surface area contributed by atoms with E-state index >= 15 is 0 Å². The standard InChI is InChI=1S/C14H21F2NOS/c1-10(9-14(2,3)18-4)17-11-5-7-12(8-6-11)19-13(15)16/h5-8,10,13,17H,9H2,1-4H3. The van der Waals surface area contributed by atoms with Crippen molar-refractivity contribution in [2.24, 2.45) is 0 Å². The van der Waals surface area contributed by atoms with Gasteiger partial charge in [0.2, 0.25) is 0 Å². The summed E-state index contributed by atoms with van der Waals surface area (Å²) in [5.41, 5.74) is 0.746. The molecule has 19 heavy (non-hydrogen) atoms. The molecule has 0 aromatic heterocycles. The average Bonchev–Trinajstić information content (AvgIpc) is 2.30. The van der Waals surface area contributed by atoms with Gasteiger partial charge in [-0.05, 0) is 51.5 Å². The van der Waals surface area contributed by atoms with E-state index in [0.717, 1.165) is 12.1 Å². The molecule has 1 rings (SSSR count). The first-order valence-electron chi connectivity index (χ1n) is 6.19. The number of rotatable bonds is 7. The van der Waals surface area contributed by atoms with Gasteiger partial charge in [0, 0.05) is 23.7 Å². The predicted molar refractivity (Wildman–Crippen MR) is 77.1 cm³/mol. The lowest BCUT2D eigenvalue weighted by atomic mass is 10.00. The lowest BCUT2D eigenvalue weighted by Crippen LogP contribution is -2.31. The maximum atomic E-state index is 12.2. The Hall–Kier alpha value is -0.810. The molecule has 1 unspecified atom stereocenters. The fourth-order valence-electron chi connectivity index (χ4n) is 1.89. The van der Waals surface area contributed by atoms with Crippen LogP contribution in [0, 0.1) is 0 Å². The number of alkyl halides is 2. The van der Waals surface area contributed by atoms with Crippen molar-refractivity contribution in [3.8, 4) is 0 Å². The quantitative estimate of drug-likeness (QED) is 0.740. The van der Waals surface area contributed by atoms with E-state index in [9.17, 15) is 8.78 Å². The van der Waals surface area contributed by atoms with E-state index in [1.54, 1.807) is 19.2 Å². The van der Waals surface area contributed by atoms with E-state index in [1.165, 1.54) is 0 Å². The van der Waals surface area contributed by atoms with Gasteiger partial charge in [-0.15, -0.1) is 0 Å². The Labute approximate surface area is 117 Å². The molecule has 0 fully saturated rings. The minimum Gasteiger partial charge on any atom is -0.382 e. The van der Waals surface area contributed by atoms with Gasteiger partial charge in [0.25, 0.3) is 5.76 Å². The fourth-order valence-corrected chi connectivity index (χ4v) is 2.39. The molecule has 0 bridgehead atoms. The highest BCUT2D eigenvalue weighted by Crippen LogP contribution is 2.26. The third-order valence-electron chi connectivity index (χ3n) is 2.84. The van der Waals surface area contributed by atoms with Gasteiger partial charge in [-0.2, -0.15) is 8.78 Å². The first-order valence-corrected chi connectivity index (χ1v) is 7.07. The Bertz CT molecular complexity index is 382. The molecule has 1 atom stereocenters. The summed E-state index contributed by atoms with van der Waals surface area (Å²) in [5.74, 6) is -2.37. The summed E-state index contributed by atoms with van der Waals surface area (Å²) in [4.78, 5) is 0.574. The van der Waals surface area contributed by atoms with Crippen LogP contribution in [0.3, 0.4) is 0 Å².